The number of methoxy groups -OCH3 is 2. The summed E-state index contributed by atoms with van der Waals surface area (Å²) in [4.78, 5) is 2.28. The average Bonchev–Trinajstić information content (AvgIpc) is 2.83. The lowest BCUT2D eigenvalue weighted by Crippen LogP contribution is -2.38. The molecule has 0 bridgehead atoms. The molecule has 2 aromatic rings. The molecule has 1 aliphatic heterocycles. The van der Waals surface area contributed by atoms with E-state index in [4.69, 9.17) is 19.9 Å². The van der Waals surface area contributed by atoms with Crippen LogP contribution in [0, 0.1) is 5.92 Å². The van der Waals surface area contributed by atoms with E-state index in [1.165, 1.54) is 0 Å². The van der Waals surface area contributed by atoms with Gasteiger partial charge in [-0.25, -0.2) is 0 Å². The monoisotopic (exact) mass is 391 g/mol. The molecule has 4 nitrogen and oxygen atoms in total. The summed E-state index contributed by atoms with van der Waals surface area (Å²) in [5, 5.41) is 0. The quantitative estimate of drug-likeness (QED) is 0.711. The molecule has 1 aliphatic rings. The van der Waals surface area contributed by atoms with Gasteiger partial charge >= 0.3 is 0 Å². The molecule has 0 aromatic heterocycles. The van der Waals surface area contributed by atoms with Crippen LogP contribution in [-0.2, 0) is 4.74 Å². The molecule has 2 N–H and O–H groups in total. The zero-order valence-corrected chi connectivity index (χ0v) is 16.7. The van der Waals surface area contributed by atoms with Crippen LogP contribution in [0.4, 0.5) is 0 Å². The van der Waals surface area contributed by atoms with E-state index >= 15 is 0 Å². The Hall–Kier alpha value is -1.34. The Balaban J connectivity index is 1.59. The first kappa shape index (κ1) is 19.4. The van der Waals surface area contributed by atoms with Gasteiger partial charge in [-0.3, -0.25) is 5.73 Å². The lowest BCUT2D eigenvalue weighted by Gasteiger charge is -2.25. The highest BCUT2D eigenvalue weighted by Crippen LogP contribution is 2.37. The zero-order chi connectivity index (χ0) is 18.4. The molecule has 3 rings (SSSR count). The predicted octanol–water partition coefficient (Wildman–Crippen LogP) is 4.28. The van der Waals surface area contributed by atoms with E-state index in [1.54, 1.807) is 26.0 Å². The van der Waals surface area contributed by atoms with Gasteiger partial charge in [-0.05, 0) is 30.7 Å². The zero-order valence-electron chi connectivity index (χ0n) is 15.1. The van der Waals surface area contributed by atoms with E-state index in [1.807, 2.05) is 48.2 Å². The molecule has 1 unspecified atom stereocenters. The summed E-state index contributed by atoms with van der Waals surface area (Å²) in [5.74, 6) is 3.78. The number of hydrogen-bond acceptors (Lipinski definition) is 6. The molecule has 0 amide bonds. The Morgan fingerprint density at radius 3 is 2.77 bits per heavy atom. The second-order valence-corrected chi connectivity index (χ2v) is 8.28. The number of fused-ring (bicyclic) bond motifs is 1. The van der Waals surface area contributed by atoms with Crippen molar-refractivity contribution < 1.29 is 14.2 Å². The van der Waals surface area contributed by atoms with E-state index in [2.05, 4.69) is 12.1 Å². The Morgan fingerprint density at radius 2 is 1.96 bits per heavy atom. The number of benzene rings is 2. The average molecular weight is 392 g/mol. The van der Waals surface area contributed by atoms with Gasteiger partial charge in [-0.2, -0.15) is 0 Å². The second-order valence-electron chi connectivity index (χ2n) is 6.16. The third-order valence-corrected chi connectivity index (χ3v) is 6.85. The highest BCUT2D eigenvalue weighted by Gasteiger charge is 2.28. The molecule has 0 saturated carbocycles. The van der Waals surface area contributed by atoms with E-state index in [0.29, 0.717) is 0 Å². The summed E-state index contributed by atoms with van der Waals surface area (Å²) in [6.45, 7) is 0. The van der Waals surface area contributed by atoms with Crippen LogP contribution in [0.2, 0.25) is 0 Å². The Bertz CT molecular complexity index is 713. The molecular weight excluding hydrogens is 366 g/mol. The molecule has 0 spiro atoms. The molecule has 6 heteroatoms. The van der Waals surface area contributed by atoms with Crippen molar-refractivity contribution in [2.24, 2.45) is 11.7 Å². The van der Waals surface area contributed by atoms with Gasteiger partial charge in [0.05, 0.1) is 13.2 Å². The van der Waals surface area contributed by atoms with Crippen molar-refractivity contribution in [1.29, 1.82) is 0 Å². The number of para-hydroxylation sites is 2. The summed E-state index contributed by atoms with van der Waals surface area (Å²) in [7, 11) is 3.46. The number of hydrogen-bond donors (Lipinski definition) is 1. The number of rotatable bonds is 7. The number of ether oxygens (including phenoxy) is 3. The Kier molecular flexibility index (Phi) is 7.14. The smallest absolute Gasteiger partial charge is 0.151 e. The van der Waals surface area contributed by atoms with Crippen molar-refractivity contribution in [2.45, 2.75) is 28.5 Å². The molecule has 0 aliphatic carbocycles. The molecule has 140 valence electrons. The molecule has 3 atom stereocenters. The molecule has 0 fully saturated rings. The number of nitrogens with two attached hydrogens (primary N) is 1. The van der Waals surface area contributed by atoms with Crippen LogP contribution >= 0.6 is 23.5 Å². The lowest BCUT2D eigenvalue weighted by molar-refractivity contribution is 0.0685. The fraction of sp³-hybridized carbons (Fsp3) is 0.400. The van der Waals surface area contributed by atoms with Gasteiger partial charge in [0, 0.05) is 34.3 Å². The van der Waals surface area contributed by atoms with Crippen molar-refractivity contribution in [2.75, 3.05) is 25.7 Å². The van der Waals surface area contributed by atoms with Gasteiger partial charge in [0.15, 0.2) is 6.23 Å². The topological polar surface area (TPSA) is 53.7 Å². The Morgan fingerprint density at radius 1 is 1.19 bits per heavy atom. The summed E-state index contributed by atoms with van der Waals surface area (Å²) in [5.41, 5.74) is 6.33. The maximum absolute atomic E-state index is 6.33. The van der Waals surface area contributed by atoms with Gasteiger partial charge < -0.3 is 14.2 Å². The maximum atomic E-state index is 6.33. The van der Waals surface area contributed by atoms with Gasteiger partial charge in [0.25, 0.3) is 0 Å². The van der Waals surface area contributed by atoms with E-state index in [0.717, 1.165) is 39.2 Å². The summed E-state index contributed by atoms with van der Waals surface area (Å²) < 4.78 is 17.1. The highest BCUT2D eigenvalue weighted by atomic mass is 32.2. The van der Waals surface area contributed by atoms with Gasteiger partial charge in [0.1, 0.15) is 11.5 Å². The van der Waals surface area contributed by atoms with Crippen LogP contribution in [0.25, 0.3) is 0 Å². The molecule has 0 saturated heterocycles. The predicted molar refractivity (Wildman–Crippen MR) is 108 cm³/mol. The largest absolute Gasteiger partial charge is 0.496 e. The van der Waals surface area contributed by atoms with Crippen molar-refractivity contribution >= 4 is 23.5 Å². The Labute approximate surface area is 163 Å². The highest BCUT2D eigenvalue weighted by molar-refractivity contribution is 7.99. The first-order valence-electron chi connectivity index (χ1n) is 8.64. The van der Waals surface area contributed by atoms with Crippen LogP contribution < -0.4 is 15.2 Å². The number of thioether (sulfide) groups is 2. The maximum Gasteiger partial charge on any atom is 0.151 e. The first-order valence-corrected chi connectivity index (χ1v) is 10.6. The summed E-state index contributed by atoms with van der Waals surface area (Å²) in [6.07, 6.45) is 0.646. The molecule has 1 heterocycles. The van der Waals surface area contributed by atoms with E-state index in [-0.39, 0.29) is 18.2 Å². The van der Waals surface area contributed by atoms with E-state index < -0.39 is 0 Å². The molecule has 26 heavy (non-hydrogen) atoms. The fourth-order valence-corrected chi connectivity index (χ4v) is 5.15. The summed E-state index contributed by atoms with van der Waals surface area (Å²) in [6, 6.07) is 16.1. The first-order chi connectivity index (χ1) is 12.7. The summed E-state index contributed by atoms with van der Waals surface area (Å²) >= 11 is 3.56. The molecule has 2 aromatic carbocycles. The minimum atomic E-state index is -0.319. The lowest BCUT2D eigenvalue weighted by atomic mass is 10.0. The molecule has 0 radical (unpaired) electrons. The van der Waals surface area contributed by atoms with Crippen molar-refractivity contribution in [3.63, 3.8) is 0 Å². The van der Waals surface area contributed by atoms with Crippen LogP contribution in [0.3, 0.4) is 0 Å². The molecular formula is C20H25NO3S2. The van der Waals surface area contributed by atoms with E-state index in [9.17, 15) is 0 Å². The van der Waals surface area contributed by atoms with Gasteiger partial charge in [0.2, 0.25) is 0 Å². The van der Waals surface area contributed by atoms with Gasteiger partial charge in [-0.15, -0.1) is 23.5 Å². The minimum absolute atomic E-state index is 0.103. The van der Waals surface area contributed by atoms with Crippen molar-refractivity contribution in [3.05, 3.63) is 48.5 Å². The minimum Gasteiger partial charge on any atom is -0.496 e. The SMILES string of the molecule is COc1ccccc1SC[C@@H](C[C@H]1CSc2ccccc2OC1N)OC. The second kappa shape index (κ2) is 9.55. The van der Waals surface area contributed by atoms with Crippen LogP contribution in [0.15, 0.2) is 58.3 Å². The fourth-order valence-electron chi connectivity index (χ4n) is 2.89. The van der Waals surface area contributed by atoms with Crippen molar-refractivity contribution in [1.82, 2.24) is 0 Å². The van der Waals surface area contributed by atoms with Gasteiger partial charge in [-0.1, -0.05) is 24.3 Å². The van der Waals surface area contributed by atoms with Crippen LogP contribution in [0.1, 0.15) is 6.42 Å². The van der Waals surface area contributed by atoms with Crippen LogP contribution in [-0.4, -0.2) is 38.1 Å². The van der Waals surface area contributed by atoms with Crippen LogP contribution in [0.5, 0.6) is 11.5 Å². The van der Waals surface area contributed by atoms with Crippen molar-refractivity contribution in [3.8, 4) is 11.5 Å². The third-order valence-electron chi connectivity index (χ3n) is 4.42. The normalized spacial score (nSPS) is 20.6. The standard InChI is InChI=1S/C20H25NO3S2/c1-22-15(13-26-18-9-5-3-7-16(18)23-2)11-14-12-25-19-10-6-4-8-17(19)24-20(14)21/h3-10,14-15,20H,11-13,21H2,1-2H3/t14-,15+,20?/m0/s1. The third kappa shape index (κ3) is 4.88.